The normalized spacial score (nSPS) is 25.0. The van der Waals surface area contributed by atoms with Gasteiger partial charge in [0.2, 0.25) is 11.8 Å². The SMILES string of the molecule is C[C@H]1CC[C@H](C(N)=O)CN1C(=O)CN1Cc2ccccc2C1. The number of hydrogen-bond donors (Lipinski definition) is 1. The molecule has 118 valence electrons. The van der Waals surface area contributed by atoms with Crippen LogP contribution in [0.25, 0.3) is 0 Å². The lowest BCUT2D eigenvalue weighted by Crippen LogP contribution is -2.51. The fourth-order valence-electron chi connectivity index (χ4n) is 3.48. The van der Waals surface area contributed by atoms with E-state index in [4.69, 9.17) is 5.73 Å². The minimum absolute atomic E-state index is 0.103. The van der Waals surface area contributed by atoms with Crippen LogP contribution in [0.5, 0.6) is 0 Å². The summed E-state index contributed by atoms with van der Waals surface area (Å²) in [6, 6.07) is 8.50. The van der Waals surface area contributed by atoms with Crippen LogP contribution in [0.4, 0.5) is 0 Å². The fraction of sp³-hybridized carbons (Fsp3) is 0.529. The first-order chi connectivity index (χ1) is 10.5. The Balaban J connectivity index is 1.61. The van der Waals surface area contributed by atoms with Crippen molar-refractivity contribution in [1.29, 1.82) is 0 Å². The summed E-state index contributed by atoms with van der Waals surface area (Å²) in [5.74, 6) is -0.388. The molecular weight excluding hydrogens is 278 g/mol. The van der Waals surface area contributed by atoms with Crippen LogP contribution in [-0.4, -0.2) is 40.7 Å². The quantitative estimate of drug-likeness (QED) is 0.909. The molecular formula is C17H23N3O2. The highest BCUT2D eigenvalue weighted by Crippen LogP contribution is 2.24. The third kappa shape index (κ3) is 2.99. The van der Waals surface area contributed by atoms with Crippen molar-refractivity contribution in [3.05, 3.63) is 35.4 Å². The Morgan fingerprint density at radius 2 is 1.82 bits per heavy atom. The van der Waals surface area contributed by atoms with E-state index < -0.39 is 0 Å². The number of benzene rings is 1. The third-order valence-corrected chi connectivity index (χ3v) is 4.87. The Hall–Kier alpha value is -1.88. The molecule has 2 atom stereocenters. The molecule has 3 rings (SSSR count). The predicted octanol–water partition coefficient (Wildman–Crippen LogP) is 1.11. The van der Waals surface area contributed by atoms with Gasteiger partial charge in [-0.15, -0.1) is 0 Å². The van der Waals surface area contributed by atoms with Crippen molar-refractivity contribution in [2.75, 3.05) is 13.1 Å². The molecule has 2 aliphatic heterocycles. The van der Waals surface area contributed by atoms with Crippen LogP contribution >= 0.6 is 0 Å². The van der Waals surface area contributed by atoms with E-state index in [0.717, 1.165) is 25.9 Å². The molecule has 0 radical (unpaired) electrons. The molecule has 0 bridgehead atoms. The molecule has 2 N–H and O–H groups in total. The number of primary amides is 1. The summed E-state index contributed by atoms with van der Waals surface area (Å²) >= 11 is 0. The molecule has 0 unspecified atom stereocenters. The number of rotatable bonds is 3. The van der Waals surface area contributed by atoms with Crippen LogP contribution in [0.3, 0.4) is 0 Å². The number of nitrogens with two attached hydrogens (primary N) is 1. The molecule has 0 saturated carbocycles. The minimum atomic E-state index is -0.293. The van der Waals surface area contributed by atoms with Crippen molar-refractivity contribution < 1.29 is 9.59 Å². The number of nitrogens with zero attached hydrogens (tertiary/aromatic N) is 2. The minimum Gasteiger partial charge on any atom is -0.369 e. The summed E-state index contributed by atoms with van der Waals surface area (Å²) in [5.41, 5.74) is 8.01. The van der Waals surface area contributed by atoms with Crippen LogP contribution < -0.4 is 5.73 Å². The van der Waals surface area contributed by atoms with Crippen LogP contribution in [0.2, 0.25) is 0 Å². The molecule has 0 spiro atoms. The van der Waals surface area contributed by atoms with Gasteiger partial charge in [-0.1, -0.05) is 24.3 Å². The number of likely N-dealkylation sites (tertiary alicyclic amines) is 1. The van der Waals surface area contributed by atoms with E-state index in [-0.39, 0.29) is 23.8 Å². The second-order valence-electron chi connectivity index (χ2n) is 6.49. The Kier molecular flexibility index (Phi) is 4.16. The van der Waals surface area contributed by atoms with E-state index in [0.29, 0.717) is 13.1 Å². The monoisotopic (exact) mass is 301 g/mol. The lowest BCUT2D eigenvalue weighted by atomic mass is 9.93. The molecule has 2 aliphatic rings. The number of piperidine rings is 1. The number of hydrogen-bond acceptors (Lipinski definition) is 3. The summed E-state index contributed by atoms with van der Waals surface area (Å²) in [6.07, 6.45) is 1.63. The van der Waals surface area contributed by atoms with Gasteiger partial charge in [-0.2, -0.15) is 0 Å². The van der Waals surface area contributed by atoms with E-state index in [2.05, 4.69) is 17.0 Å². The predicted molar refractivity (Wildman–Crippen MR) is 83.6 cm³/mol. The second kappa shape index (κ2) is 6.08. The number of carbonyl (C=O) groups excluding carboxylic acids is 2. The molecule has 0 aliphatic carbocycles. The van der Waals surface area contributed by atoms with Gasteiger partial charge in [0.1, 0.15) is 0 Å². The topological polar surface area (TPSA) is 66.6 Å². The van der Waals surface area contributed by atoms with E-state index in [1.165, 1.54) is 11.1 Å². The van der Waals surface area contributed by atoms with Gasteiger partial charge in [-0.3, -0.25) is 14.5 Å². The van der Waals surface area contributed by atoms with Crippen LogP contribution in [-0.2, 0) is 22.7 Å². The molecule has 22 heavy (non-hydrogen) atoms. The van der Waals surface area contributed by atoms with E-state index in [9.17, 15) is 9.59 Å². The third-order valence-electron chi connectivity index (χ3n) is 4.87. The van der Waals surface area contributed by atoms with Crippen LogP contribution in [0.15, 0.2) is 24.3 Å². The van der Waals surface area contributed by atoms with Gasteiger partial charge < -0.3 is 10.6 Å². The molecule has 1 aromatic carbocycles. The number of amides is 2. The van der Waals surface area contributed by atoms with Gasteiger partial charge in [-0.05, 0) is 30.9 Å². The first kappa shape index (κ1) is 15.0. The zero-order valence-corrected chi connectivity index (χ0v) is 13.0. The number of fused-ring (bicyclic) bond motifs is 1. The summed E-state index contributed by atoms with van der Waals surface area (Å²) < 4.78 is 0. The van der Waals surface area contributed by atoms with Crippen molar-refractivity contribution in [2.45, 2.75) is 38.9 Å². The summed E-state index contributed by atoms with van der Waals surface area (Å²) in [6.45, 7) is 4.57. The Labute approximate surface area is 131 Å². The fourth-order valence-corrected chi connectivity index (χ4v) is 3.48. The molecule has 2 heterocycles. The van der Waals surface area contributed by atoms with E-state index in [1.54, 1.807) is 0 Å². The van der Waals surface area contributed by atoms with Crippen molar-refractivity contribution in [1.82, 2.24) is 9.80 Å². The molecule has 5 heteroatoms. The van der Waals surface area contributed by atoms with Crippen molar-refractivity contribution in [3.8, 4) is 0 Å². The number of carbonyl (C=O) groups is 2. The van der Waals surface area contributed by atoms with Gasteiger partial charge in [-0.25, -0.2) is 0 Å². The molecule has 1 fully saturated rings. The summed E-state index contributed by atoms with van der Waals surface area (Å²) in [5, 5.41) is 0. The lowest BCUT2D eigenvalue weighted by molar-refractivity contribution is -0.138. The van der Waals surface area contributed by atoms with Gasteiger partial charge in [0.15, 0.2) is 0 Å². The van der Waals surface area contributed by atoms with Crippen molar-refractivity contribution in [3.63, 3.8) is 0 Å². The van der Waals surface area contributed by atoms with Crippen molar-refractivity contribution in [2.24, 2.45) is 11.7 Å². The second-order valence-corrected chi connectivity index (χ2v) is 6.49. The highest BCUT2D eigenvalue weighted by molar-refractivity contribution is 5.81. The van der Waals surface area contributed by atoms with Gasteiger partial charge >= 0.3 is 0 Å². The molecule has 1 saturated heterocycles. The molecule has 2 amide bonds. The smallest absolute Gasteiger partial charge is 0.237 e. The largest absolute Gasteiger partial charge is 0.369 e. The van der Waals surface area contributed by atoms with Gasteiger partial charge in [0.25, 0.3) is 0 Å². The molecule has 5 nitrogen and oxygen atoms in total. The summed E-state index contributed by atoms with van der Waals surface area (Å²) in [4.78, 5) is 28.0. The average molecular weight is 301 g/mol. The zero-order valence-electron chi connectivity index (χ0n) is 13.0. The summed E-state index contributed by atoms with van der Waals surface area (Å²) in [7, 11) is 0. The maximum Gasteiger partial charge on any atom is 0.237 e. The van der Waals surface area contributed by atoms with Crippen molar-refractivity contribution >= 4 is 11.8 Å². The zero-order chi connectivity index (χ0) is 15.7. The maximum absolute atomic E-state index is 12.6. The molecule has 0 aromatic heterocycles. The Morgan fingerprint density at radius 1 is 1.18 bits per heavy atom. The Bertz CT molecular complexity index is 562. The van der Waals surface area contributed by atoms with Gasteiger partial charge in [0, 0.05) is 25.7 Å². The molecule has 1 aromatic rings. The average Bonchev–Trinajstić information content (AvgIpc) is 2.89. The van der Waals surface area contributed by atoms with Gasteiger partial charge in [0.05, 0.1) is 12.5 Å². The highest BCUT2D eigenvalue weighted by Gasteiger charge is 2.32. The lowest BCUT2D eigenvalue weighted by Gasteiger charge is -2.37. The van der Waals surface area contributed by atoms with Crippen LogP contribution in [0, 0.1) is 5.92 Å². The first-order valence-corrected chi connectivity index (χ1v) is 7.92. The highest BCUT2D eigenvalue weighted by atomic mass is 16.2. The van der Waals surface area contributed by atoms with E-state index >= 15 is 0 Å². The standard InChI is InChI=1S/C17H23N3O2/c1-12-6-7-15(17(18)22)10-20(12)16(21)11-19-8-13-4-2-3-5-14(13)9-19/h2-5,12,15H,6-11H2,1H3,(H2,18,22)/t12-,15-/m0/s1. The van der Waals surface area contributed by atoms with Crippen LogP contribution in [0.1, 0.15) is 30.9 Å². The first-order valence-electron chi connectivity index (χ1n) is 7.92. The maximum atomic E-state index is 12.6. The Morgan fingerprint density at radius 3 is 2.41 bits per heavy atom. The van der Waals surface area contributed by atoms with E-state index in [1.807, 2.05) is 24.0 Å².